The monoisotopic (exact) mass is 260 g/mol. The molecule has 0 amide bonds. The molecule has 0 saturated carbocycles. The first-order valence-corrected chi connectivity index (χ1v) is 7.01. The number of aliphatic hydroxyl groups excluding tert-OH is 2. The van der Waals surface area contributed by atoms with Crippen molar-refractivity contribution in [2.75, 3.05) is 19.8 Å². The zero-order valence-corrected chi connectivity index (χ0v) is 11.8. The molecule has 4 heteroatoms. The lowest BCUT2D eigenvalue weighted by atomic mass is 9.88. The van der Waals surface area contributed by atoms with Gasteiger partial charge in [0.1, 0.15) is 6.61 Å². The third-order valence-electron chi connectivity index (χ3n) is 3.44. The molecule has 0 spiro atoms. The Balaban J connectivity index is 3.74. The Hall–Kier alpha value is -0.610. The van der Waals surface area contributed by atoms with E-state index < -0.39 is 5.41 Å². The van der Waals surface area contributed by atoms with Gasteiger partial charge in [-0.3, -0.25) is 4.79 Å². The van der Waals surface area contributed by atoms with Crippen molar-refractivity contribution in [3.05, 3.63) is 0 Å². The molecule has 2 N–H and O–H groups in total. The molecule has 0 heterocycles. The first-order chi connectivity index (χ1) is 8.64. The summed E-state index contributed by atoms with van der Waals surface area (Å²) < 4.78 is 5.13. The van der Waals surface area contributed by atoms with Crippen LogP contribution in [0.25, 0.3) is 0 Å². The van der Waals surface area contributed by atoms with Gasteiger partial charge in [0.15, 0.2) is 0 Å². The molecule has 18 heavy (non-hydrogen) atoms. The Morgan fingerprint density at radius 2 is 1.67 bits per heavy atom. The van der Waals surface area contributed by atoms with Crippen molar-refractivity contribution in [3.63, 3.8) is 0 Å². The highest BCUT2D eigenvalue weighted by atomic mass is 16.5. The van der Waals surface area contributed by atoms with Crippen molar-refractivity contribution in [1.29, 1.82) is 0 Å². The minimum atomic E-state index is -0.683. The minimum absolute atomic E-state index is 0.101. The van der Waals surface area contributed by atoms with Crippen molar-refractivity contribution in [2.45, 2.75) is 58.8 Å². The number of unbranched alkanes of at least 4 members (excludes halogenated alkanes) is 4. The SMILES string of the molecule is CCCCCCCC(=O)OCC(CC)(CO)CO. The van der Waals surface area contributed by atoms with E-state index in [4.69, 9.17) is 4.74 Å². The van der Waals surface area contributed by atoms with E-state index in [-0.39, 0.29) is 25.8 Å². The van der Waals surface area contributed by atoms with Crippen LogP contribution in [-0.4, -0.2) is 36.0 Å². The summed E-state index contributed by atoms with van der Waals surface area (Å²) in [6.07, 6.45) is 6.50. The first-order valence-electron chi connectivity index (χ1n) is 7.01. The summed E-state index contributed by atoms with van der Waals surface area (Å²) in [6.45, 7) is 3.80. The van der Waals surface area contributed by atoms with Gasteiger partial charge in [-0.15, -0.1) is 0 Å². The maximum Gasteiger partial charge on any atom is 0.305 e. The zero-order chi connectivity index (χ0) is 13.9. The normalized spacial score (nSPS) is 11.6. The van der Waals surface area contributed by atoms with E-state index in [0.717, 1.165) is 19.3 Å². The molecule has 0 aliphatic carbocycles. The lowest BCUT2D eigenvalue weighted by Gasteiger charge is -2.27. The summed E-state index contributed by atoms with van der Waals surface area (Å²) >= 11 is 0. The second kappa shape index (κ2) is 10.3. The Labute approximate surface area is 110 Å². The first kappa shape index (κ1) is 17.4. The molecule has 0 radical (unpaired) electrons. The minimum Gasteiger partial charge on any atom is -0.465 e. The predicted octanol–water partition coefficient (Wildman–Crippen LogP) is 2.27. The van der Waals surface area contributed by atoms with E-state index in [9.17, 15) is 15.0 Å². The van der Waals surface area contributed by atoms with Gasteiger partial charge in [-0.2, -0.15) is 0 Å². The number of rotatable bonds is 11. The topological polar surface area (TPSA) is 66.8 Å². The molecule has 0 atom stereocenters. The van der Waals surface area contributed by atoms with Gasteiger partial charge in [0, 0.05) is 6.42 Å². The molecule has 0 aliphatic rings. The zero-order valence-electron chi connectivity index (χ0n) is 11.8. The van der Waals surface area contributed by atoms with Gasteiger partial charge in [-0.05, 0) is 12.8 Å². The second-order valence-corrected chi connectivity index (χ2v) is 4.99. The fourth-order valence-corrected chi connectivity index (χ4v) is 1.65. The molecule has 4 nitrogen and oxygen atoms in total. The molecule has 0 unspecified atom stereocenters. The summed E-state index contributed by atoms with van der Waals surface area (Å²) in [5, 5.41) is 18.4. The number of carbonyl (C=O) groups excluding carboxylic acids is 1. The average Bonchev–Trinajstić information content (AvgIpc) is 2.41. The molecule has 0 bridgehead atoms. The molecule has 108 valence electrons. The Morgan fingerprint density at radius 1 is 1.06 bits per heavy atom. The average molecular weight is 260 g/mol. The predicted molar refractivity (Wildman–Crippen MR) is 71.2 cm³/mol. The fourth-order valence-electron chi connectivity index (χ4n) is 1.65. The van der Waals surface area contributed by atoms with Crippen LogP contribution in [0.3, 0.4) is 0 Å². The van der Waals surface area contributed by atoms with Gasteiger partial charge >= 0.3 is 5.97 Å². The summed E-state index contributed by atoms with van der Waals surface area (Å²) in [4.78, 5) is 11.5. The van der Waals surface area contributed by atoms with Gasteiger partial charge in [-0.25, -0.2) is 0 Å². The maximum atomic E-state index is 11.5. The van der Waals surface area contributed by atoms with Crippen LogP contribution in [0.4, 0.5) is 0 Å². The highest BCUT2D eigenvalue weighted by Crippen LogP contribution is 2.21. The third-order valence-corrected chi connectivity index (χ3v) is 3.44. The highest BCUT2D eigenvalue weighted by molar-refractivity contribution is 5.69. The molecule has 0 aliphatic heterocycles. The van der Waals surface area contributed by atoms with Crippen molar-refractivity contribution in [1.82, 2.24) is 0 Å². The van der Waals surface area contributed by atoms with Crippen molar-refractivity contribution in [2.24, 2.45) is 5.41 Å². The van der Waals surface area contributed by atoms with Crippen molar-refractivity contribution in [3.8, 4) is 0 Å². The van der Waals surface area contributed by atoms with Crippen LogP contribution >= 0.6 is 0 Å². The largest absolute Gasteiger partial charge is 0.465 e. The van der Waals surface area contributed by atoms with E-state index in [1.807, 2.05) is 6.92 Å². The smallest absolute Gasteiger partial charge is 0.305 e. The van der Waals surface area contributed by atoms with Gasteiger partial charge in [0.05, 0.1) is 18.6 Å². The second-order valence-electron chi connectivity index (χ2n) is 4.99. The Morgan fingerprint density at radius 3 is 2.17 bits per heavy atom. The standard InChI is InChI=1S/C14H28O4/c1-3-5-6-7-8-9-13(17)18-12-14(4-2,10-15)11-16/h15-16H,3-12H2,1-2H3. The Kier molecular flexibility index (Phi) is 9.98. The van der Waals surface area contributed by atoms with Crippen LogP contribution in [0.1, 0.15) is 58.8 Å². The van der Waals surface area contributed by atoms with Gasteiger partial charge in [-0.1, -0.05) is 39.5 Å². The van der Waals surface area contributed by atoms with E-state index in [2.05, 4.69) is 6.92 Å². The summed E-state index contributed by atoms with van der Waals surface area (Å²) in [7, 11) is 0. The molecular formula is C14H28O4. The Bertz CT molecular complexity index is 204. The quantitative estimate of drug-likeness (QED) is 0.442. The lowest BCUT2D eigenvalue weighted by molar-refractivity contribution is -0.149. The third kappa shape index (κ3) is 6.97. The van der Waals surface area contributed by atoms with Crippen LogP contribution in [0.15, 0.2) is 0 Å². The fraction of sp³-hybridized carbons (Fsp3) is 0.929. The van der Waals surface area contributed by atoms with Gasteiger partial charge < -0.3 is 14.9 Å². The maximum absolute atomic E-state index is 11.5. The van der Waals surface area contributed by atoms with Crippen LogP contribution in [0.5, 0.6) is 0 Å². The number of hydrogen-bond acceptors (Lipinski definition) is 4. The molecule has 0 saturated heterocycles. The van der Waals surface area contributed by atoms with Crippen molar-refractivity contribution < 1.29 is 19.7 Å². The lowest BCUT2D eigenvalue weighted by Crippen LogP contribution is -2.35. The van der Waals surface area contributed by atoms with Crippen molar-refractivity contribution >= 4 is 5.97 Å². The van der Waals surface area contributed by atoms with Gasteiger partial charge in [0.25, 0.3) is 0 Å². The van der Waals surface area contributed by atoms with E-state index >= 15 is 0 Å². The summed E-state index contributed by atoms with van der Waals surface area (Å²) in [5.74, 6) is -0.230. The van der Waals surface area contributed by atoms with Crippen LogP contribution in [0.2, 0.25) is 0 Å². The number of hydrogen-bond donors (Lipinski definition) is 2. The summed E-state index contributed by atoms with van der Waals surface area (Å²) in [6, 6.07) is 0. The molecule has 0 rings (SSSR count). The molecule has 0 aromatic heterocycles. The number of aliphatic hydroxyl groups is 2. The number of carbonyl (C=O) groups is 1. The number of esters is 1. The number of ether oxygens (including phenoxy) is 1. The van der Waals surface area contributed by atoms with Crippen LogP contribution in [-0.2, 0) is 9.53 Å². The molecule has 0 fully saturated rings. The molecular weight excluding hydrogens is 232 g/mol. The van der Waals surface area contributed by atoms with E-state index in [1.54, 1.807) is 0 Å². The van der Waals surface area contributed by atoms with Crippen LogP contribution < -0.4 is 0 Å². The van der Waals surface area contributed by atoms with Gasteiger partial charge in [0.2, 0.25) is 0 Å². The highest BCUT2D eigenvalue weighted by Gasteiger charge is 2.28. The van der Waals surface area contributed by atoms with E-state index in [1.165, 1.54) is 12.8 Å². The van der Waals surface area contributed by atoms with Crippen LogP contribution in [0, 0.1) is 5.41 Å². The summed E-state index contributed by atoms with van der Waals surface area (Å²) in [5.41, 5.74) is -0.683. The molecule has 0 aromatic carbocycles. The molecule has 0 aromatic rings. The van der Waals surface area contributed by atoms with E-state index in [0.29, 0.717) is 12.8 Å².